The number of benzene rings is 2. The number of alkyl halides is 3. The highest BCUT2D eigenvalue weighted by atomic mass is 35.5. The number of nitrogens with zero attached hydrogens (tertiary/aromatic N) is 4. The number of anilines is 1. The van der Waals surface area contributed by atoms with Crippen molar-refractivity contribution in [3.63, 3.8) is 0 Å². The smallest absolute Gasteiger partial charge is 0.403 e. The van der Waals surface area contributed by atoms with E-state index in [-0.39, 0.29) is 22.7 Å². The number of ether oxygens (including phenoxy) is 1. The summed E-state index contributed by atoms with van der Waals surface area (Å²) in [4.78, 5) is 22.2. The third-order valence-corrected chi connectivity index (χ3v) is 6.15. The van der Waals surface area contributed by atoms with Crippen LogP contribution in [0, 0.1) is 5.82 Å². The Morgan fingerprint density at radius 1 is 1.00 bits per heavy atom. The van der Waals surface area contributed by atoms with Gasteiger partial charge in [-0.1, -0.05) is 41.9 Å². The predicted octanol–water partition coefficient (Wildman–Crippen LogP) is 5.46. The molecule has 0 aliphatic rings. The van der Waals surface area contributed by atoms with Crippen molar-refractivity contribution in [3.8, 4) is 5.75 Å². The Morgan fingerprint density at radius 3 is 2.46 bits per heavy atom. The van der Waals surface area contributed by atoms with Crippen LogP contribution in [0.5, 0.6) is 5.75 Å². The first kappa shape index (κ1) is 26.2. The summed E-state index contributed by atoms with van der Waals surface area (Å²) in [6.45, 7) is 0.180. The van der Waals surface area contributed by atoms with Gasteiger partial charge in [-0.2, -0.15) is 5.10 Å². The van der Waals surface area contributed by atoms with Crippen LogP contribution in [-0.4, -0.2) is 31.1 Å². The zero-order valence-electron chi connectivity index (χ0n) is 20.0. The maximum Gasteiger partial charge on any atom is 0.573 e. The van der Waals surface area contributed by atoms with E-state index in [1.807, 2.05) is 24.3 Å². The molecule has 0 bridgehead atoms. The van der Waals surface area contributed by atoms with Gasteiger partial charge in [0.15, 0.2) is 17.2 Å². The third-order valence-electron chi connectivity index (χ3n) is 5.80. The molecule has 8 nitrogen and oxygen atoms in total. The van der Waals surface area contributed by atoms with E-state index in [9.17, 15) is 22.4 Å². The van der Waals surface area contributed by atoms with Gasteiger partial charge in [-0.15, -0.1) is 13.2 Å². The first-order valence-electron chi connectivity index (χ1n) is 11.5. The summed E-state index contributed by atoms with van der Waals surface area (Å²) in [7, 11) is 0. The second-order valence-corrected chi connectivity index (χ2v) is 8.99. The van der Waals surface area contributed by atoms with Crippen LogP contribution in [0.4, 0.5) is 23.4 Å². The van der Waals surface area contributed by atoms with Crippen molar-refractivity contribution in [2.75, 3.05) is 5.32 Å². The third kappa shape index (κ3) is 6.34. The number of H-pyrrole nitrogens is 1. The molecule has 0 aliphatic carbocycles. The lowest BCUT2D eigenvalue weighted by Crippen LogP contribution is -2.18. The first-order chi connectivity index (χ1) is 18.6. The molecule has 0 radical (unpaired) electrons. The highest BCUT2D eigenvalue weighted by Crippen LogP contribution is 2.32. The number of aromatic amines is 1. The monoisotopic (exact) mass is 558 g/mol. The van der Waals surface area contributed by atoms with E-state index in [2.05, 4.69) is 30.1 Å². The van der Waals surface area contributed by atoms with E-state index in [4.69, 9.17) is 11.6 Å². The van der Waals surface area contributed by atoms with Gasteiger partial charge in [-0.3, -0.25) is 9.48 Å². The molecule has 0 amide bonds. The number of fused-ring (bicyclic) bond motifs is 1. The molecule has 0 fully saturated rings. The van der Waals surface area contributed by atoms with Gasteiger partial charge in [0.25, 0.3) is 0 Å². The highest BCUT2D eigenvalue weighted by Gasteiger charge is 2.33. The normalized spacial score (nSPS) is 11.6. The van der Waals surface area contributed by atoms with E-state index in [0.29, 0.717) is 29.8 Å². The second-order valence-electron chi connectivity index (χ2n) is 8.58. The van der Waals surface area contributed by atoms with Crippen LogP contribution >= 0.6 is 11.6 Å². The lowest BCUT2D eigenvalue weighted by molar-refractivity contribution is -0.275. The van der Waals surface area contributed by atoms with Crippen LogP contribution in [0.3, 0.4) is 0 Å². The summed E-state index contributed by atoms with van der Waals surface area (Å²) in [6, 6.07) is 13.1. The minimum Gasteiger partial charge on any atom is -0.403 e. The SMILES string of the molecule is O=c1ccc(Cc2ccc(Cn3cc4c(NCc5c(Cl)ccc(OC(F)(F)F)c5F)ncnc4n3)cc2)c[nH]1. The highest BCUT2D eigenvalue weighted by molar-refractivity contribution is 6.31. The van der Waals surface area contributed by atoms with Gasteiger partial charge in [0, 0.05) is 35.6 Å². The maximum atomic E-state index is 14.7. The number of hydrogen-bond donors (Lipinski definition) is 2. The first-order valence-corrected chi connectivity index (χ1v) is 11.9. The van der Waals surface area contributed by atoms with Crippen molar-refractivity contribution in [2.24, 2.45) is 0 Å². The van der Waals surface area contributed by atoms with Crippen molar-refractivity contribution in [1.82, 2.24) is 24.7 Å². The molecule has 39 heavy (non-hydrogen) atoms. The number of nitrogens with one attached hydrogen (secondary N) is 2. The Kier molecular flexibility index (Phi) is 7.20. The van der Waals surface area contributed by atoms with Crippen molar-refractivity contribution in [3.05, 3.63) is 111 Å². The largest absolute Gasteiger partial charge is 0.573 e. The molecule has 5 rings (SSSR count). The maximum absolute atomic E-state index is 14.7. The molecule has 0 aliphatic heterocycles. The number of hydrogen-bond acceptors (Lipinski definition) is 6. The predicted molar refractivity (Wildman–Crippen MR) is 136 cm³/mol. The van der Waals surface area contributed by atoms with Crippen molar-refractivity contribution in [2.45, 2.75) is 25.9 Å². The minimum atomic E-state index is -5.05. The molecule has 0 atom stereocenters. The number of aromatic nitrogens is 5. The quantitative estimate of drug-likeness (QED) is 0.246. The van der Waals surface area contributed by atoms with E-state index < -0.39 is 17.9 Å². The fourth-order valence-electron chi connectivity index (χ4n) is 3.96. The van der Waals surface area contributed by atoms with E-state index in [1.165, 1.54) is 12.4 Å². The van der Waals surface area contributed by atoms with Gasteiger partial charge in [-0.05, 0) is 35.2 Å². The Morgan fingerprint density at radius 2 is 1.74 bits per heavy atom. The van der Waals surface area contributed by atoms with E-state index in [0.717, 1.165) is 28.8 Å². The lowest BCUT2D eigenvalue weighted by Gasteiger charge is -2.14. The van der Waals surface area contributed by atoms with Crippen LogP contribution in [0.25, 0.3) is 11.0 Å². The second kappa shape index (κ2) is 10.7. The average molecular weight is 559 g/mol. The van der Waals surface area contributed by atoms with Crippen molar-refractivity contribution < 1.29 is 22.3 Å². The molecule has 200 valence electrons. The van der Waals surface area contributed by atoms with Gasteiger partial charge in [-0.25, -0.2) is 14.4 Å². The standard InChI is InChI=1S/C26H19ClF4N6O2/c27-20-6-7-21(39-26(29,30)31)23(28)18(20)11-33-24-19-13-37(36-25(19)35-14-34-24)12-16-3-1-15(2-4-16)9-17-5-8-22(38)32-10-17/h1-8,10,13-14H,9,11-12H2,(H,32,38)(H,33,34,35,36). The summed E-state index contributed by atoms with van der Waals surface area (Å²) in [5.41, 5.74) is 3.06. The zero-order chi connectivity index (χ0) is 27.6. The van der Waals surface area contributed by atoms with Crippen molar-refractivity contribution >= 4 is 28.5 Å². The Bertz CT molecular complexity index is 1670. The van der Waals surface area contributed by atoms with Gasteiger partial charge >= 0.3 is 6.36 Å². The van der Waals surface area contributed by atoms with Gasteiger partial charge < -0.3 is 15.0 Å². The average Bonchev–Trinajstić information content (AvgIpc) is 3.31. The Hall–Kier alpha value is -4.45. The molecule has 3 aromatic heterocycles. The number of halogens is 5. The fourth-order valence-corrected chi connectivity index (χ4v) is 4.17. The molecule has 0 saturated carbocycles. The molecule has 13 heteroatoms. The van der Waals surface area contributed by atoms with Gasteiger partial charge in [0.1, 0.15) is 12.1 Å². The summed E-state index contributed by atoms with van der Waals surface area (Å²) >= 11 is 6.03. The minimum absolute atomic E-state index is 0.0699. The molecule has 0 spiro atoms. The Labute approximate surface area is 223 Å². The molecular formula is C26H19ClF4N6O2. The number of pyridine rings is 1. The molecule has 3 heterocycles. The van der Waals surface area contributed by atoms with Crippen molar-refractivity contribution in [1.29, 1.82) is 0 Å². The van der Waals surface area contributed by atoms with Crippen LogP contribution in [-0.2, 0) is 19.5 Å². The summed E-state index contributed by atoms with van der Waals surface area (Å²) in [6.07, 6.45) is 0.301. The molecular weight excluding hydrogens is 540 g/mol. The van der Waals surface area contributed by atoms with Crippen LogP contribution in [0.1, 0.15) is 22.3 Å². The topological polar surface area (TPSA) is 97.7 Å². The van der Waals surface area contributed by atoms with E-state index >= 15 is 0 Å². The van der Waals surface area contributed by atoms with Gasteiger partial charge in [0.2, 0.25) is 5.56 Å². The summed E-state index contributed by atoms with van der Waals surface area (Å²) in [5.74, 6) is -1.90. The van der Waals surface area contributed by atoms with Gasteiger partial charge in [0.05, 0.1) is 11.9 Å². The molecule has 0 unspecified atom stereocenters. The lowest BCUT2D eigenvalue weighted by atomic mass is 10.0. The molecule has 2 aromatic carbocycles. The molecule has 5 aromatic rings. The fraction of sp³-hybridized carbons (Fsp3) is 0.154. The van der Waals surface area contributed by atoms with Crippen LogP contribution in [0.2, 0.25) is 5.02 Å². The Balaban J connectivity index is 1.30. The van der Waals surface area contributed by atoms with E-state index in [1.54, 1.807) is 23.1 Å². The molecule has 2 N–H and O–H groups in total. The van der Waals surface area contributed by atoms with Crippen LogP contribution in [0.15, 0.2) is 72.0 Å². The molecule has 0 saturated heterocycles. The zero-order valence-corrected chi connectivity index (χ0v) is 20.7. The van der Waals surface area contributed by atoms with Crippen LogP contribution < -0.4 is 15.6 Å². The number of rotatable bonds is 8. The summed E-state index contributed by atoms with van der Waals surface area (Å²) in [5, 5.41) is 7.82. The summed E-state index contributed by atoms with van der Waals surface area (Å²) < 4.78 is 57.8.